The van der Waals surface area contributed by atoms with Crippen LogP contribution in [0.1, 0.15) is 28.9 Å². The Labute approximate surface area is 218 Å². The zero-order chi connectivity index (χ0) is 25.8. The third-order valence-corrected chi connectivity index (χ3v) is 6.48. The predicted molar refractivity (Wildman–Crippen MR) is 139 cm³/mol. The van der Waals surface area contributed by atoms with E-state index in [1.165, 1.54) is 6.07 Å². The minimum atomic E-state index is -1.04. The van der Waals surface area contributed by atoms with Crippen LogP contribution in [0, 0.1) is 0 Å². The van der Waals surface area contributed by atoms with E-state index in [0.29, 0.717) is 28.0 Å². The average molecular weight is 518 g/mol. The van der Waals surface area contributed by atoms with Gasteiger partial charge in [-0.3, -0.25) is 4.79 Å². The fourth-order valence-electron chi connectivity index (χ4n) is 4.35. The Balaban J connectivity index is 1.34. The molecule has 5 rings (SSSR count). The Bertz CT molecular complexity index is 1500. The number of alkyl carbamates (subject to hydrolysis) is 1. The van der Waals surface area contributed by atoms with E-state index in [2.05, 4.69) is 5.32 Å². The van der Waals surface area contributed by atoms with Gasteiger partial charge in [-0.05, 0) is 54.3 Å². The first-order chi connectivity index (χ1) is 18.0. The second-order valence-electron chi connectivity index (χ2n) is 8.85. The van der Waals surface area contributed by atoms with E-state index in [-0.39, 0.29) is 24.2 Å². The molecule has 1 aliphatic rings. The monoisotopic (exact) mass is 517 g/mol. The van der Waals surface area contributed by atoms with Gasteiger partial charge < -0.3 is 19.2 Å². The molecule has 37 heavy (non-hydrogen) atoms. The Kier molecular flexibility index (Phi) is 7.23. The molecule has 1 heterocycles. The van der Waals surface area contributed by atoms with E-state index < -0.39 is 18.1 Å². The average Bonchev–Trinajstić information content (AvgIpc) is 3.38. The molecule has 8 heteroatoms. The molecule has 0 fully saturated rings. The van der Waals surface area contributed by atoms with E-state index in [0.717, 1.165) is 29.7 Å². The minimum absolute atomic E-state index is 0.0557. The molecule has 7 nitrogen and oxygen atoms in total. The minimum Gasteiger partial charge on any atom is -0.461 e. The van der Waals surface area contributed by atoms with Crippen LogP contribution in [0.15, 0.2) is 82.0 Å². The van der Waals surface area contributed by atoms with Gasteiger partial charge in [-0.2, -0.15) is 0 Å². The molecule has 0 saturated heterocycles. The maximum atomic E-state index is 13.2. The fraction of sp³-hybridized carbons (Fsp3) is 0.207. The standard InChI is InChI=1S/C29H24ClNO6/c30-20-11-9-18(10-12-20)15-24(31-29(34)35-17-19-5-2-1-3-6-19)28(33)36-21-13-14-26-23(16-21)27(32)22-7-4-8-25(22)37-26/h1-3,5-6,9-14,16,24H,4,7-8,15,17H2,(H,31,34). The molecule has 1 atom stereocenters. The van der Waals surface area contributed by atoms with Gasteiger partial charge in [0, 0.05) is 23.4 Å². The molecule has 0 aliphatic heterocycles. The summed E-state index contributed by atoms with van der Waals surface area (Å²) in [5.41, 5.74) is 2.61. The molecule has 0 saturated carbocycles. The lowest BCUT2D eigenvalue weighted by atomic mass is 10.1. The molecular formula is C29H24ClNO6. The van der Waals surface area contributed by atoms with Gasteiger partial charge in [0.25, 0.3) is 0 Å². The van der Waals surface area contributed by atoms with Crippen LogP contribution in [-0.4, -0.2) is 18.1 Å². The first-order valence-electron chi connectivity index (χ1n) is 12.0. The topological polar surface area (TPSA) is 94.8 Å². The van der Waals surface area contributed by atoms with Crippen molar-refractivity contribution in [1.29, 1.82) is 0 Å². The van der Waals surface area contributed by atoms with Crippen molar-refractivity contribution in [2.75, 3.05) is 0 Å². The molecule has 188 valence electrons. The number of nitrogens with one attached hydrogen (secondary N) is 1. The largest absolute Gasteiger partial charge is 0.461 e. The number of amides is 1. The lowest BCUT2D eigenvalue weighted by molar-refractivity contribution is -0.136. The van der Waals surface area contributed by atoms with Gasteiger partial charge in [-0.15, -0.1) is 0 Å². The fourth-order valence-corrected chi connectivity index (χ4v) is 4.47. The molecule has 0 bridgehead atoms. The zero-order valence-corrected chi connectivity index (χ0v) is 20.6. The van der Waals surface area contributed by atoms with Gasteiger partial charge in [0.15, 0.2) is 5.43 Å². The molecule has 1 unspecified atom stereocenters. The number of fused-ring (bicyclic) bond motifs is 2. The summed E-state index contributed by atoms with van der Waals surface area (Å²) in [6.45, 7) is 0.0557. The van der Waals surface area contributed by atoms with Crippen molar-refractivity contribution in [2.45, 2.75) is 38.3 Å². The number of carbonyl (C=O) groups is 2. The highest BCUT2D eigenvalue weighted by Crippen LogP contribution is 2.26. The van der Waals surface area contributed by atoms with Crippen LogP contribution < -0.4 is 15.5 Å². The second kappa shape index (κ2) is 10.9. The van der Waals surface area contributed by atoms with Gasteiger partial charge >= 0.3 is 12.1 Å². The number of halogens is 1. The summed E-state index contributed by atoms with van der Waals surface area (Å²) >= 11 is 5.98. The van der Waals surface area contributed by atoms with Crippen molar-refractivity contribution in [2.24, 2.45) is 0 Å². The van der Waals surface area contributed by atoms with Crippen molar-refractivity contribution >= 4 is 34.6 Å². The Morgan fingerprint density at radius 2 is 1.76 bits per heavy atom. The van der Waals surface area contributed by atoms with E-state index in [1.54, 1.807) is 36.4 Å². The normalized spacial score (nSPS) is 13.1. The lowest BCUT2D eigenvalue weighted by Gasteiger charge is -2.18. The summed E-state index contributed by atoms with van der Waals surface area (Å²) in [4.78, 5) is 38.6. The molecule has 3 aromatic carbocycles. The number of esters is 1. The summed E-state index contributed by atoms with van der Waals surface area (Å²) in [6.07, 6.45) is 1.70. The van der Waals surface area contributed by atoms with Gasteiger partial charge in [-0.1, -0.05) is 54.1 Å². The summed E-state index contributed by atoms with van der Waals surface area (Å²) in [6, 6.07) is 19.8. The summed E-state index contributed by atoms with van der Waals surface area (Å²) in [5.74, 6) is 0.211. The Hall–Kier alpha value is -4.10. The Morgan fingerprint density at radius 1 is 0.973 bits per heavy atom. The van der Waals surface area contributed by atoms with Crippen molar-refractivity contribution < 1.29 is 23.5 Å². The van der Waals surface area contributed by atoms with E-state index >= 15 is 0 Å². The van der Waals surface area contributed by atoms with Gasteiger partial charge in [0.2, 0.25) is 0 Å². The SMILES string of the molecule is O=C(NC(Cc1ccc(Cl)cc1)C(=O)Oc1ccc2oc3c(c(=O)c2c1)CCC3)OCc1ccccc1. The van der Waals surface area contributed by atoms with Crippen molar-refractivity contribution in [3.05, 3.63) is 110 Å². The molecule has 1 N–H and O–H groups in total. The Morgan fingerprint density at radius 3 is 2.54 bits per heavy atom. The number of benzene rings is 3. The van der Waals surface area contributed by atoms with Crippen LogP contribution in [-0.2, 0) is 35.4 Å². The van der Waals surface area contributed by atoms with Crippen molar-refractivity contribution in [3.8, 4) is 5.75 Å². The number of hydrogen-bond acceptors (Lipinski definition) is 6. The third-order valence-electron chi connectivity index (χ3n) is 6.23. The summed E-state index contributed by atoms with van der Waals surface area (Å²) in [5, 5.41) is 3.52. The quantitative estimate of drug-likeness (QED) is 0.261. The molecule has 4 aromatic rings. The maximum Gasteiger partial charge on any atom is 0.408 e. The first-order valence-corrected chi connectivity index (χ1v) is 12.4. The van der Waals surface area contributed by atoms with Crippen molar-refractivity contribution in [1.82, 2.24) is 5.32 Å². The number of carbonyl (C=O) groups excluding carboxylic acids is 2. The van der Waals surface area contributed by atoms with Crippen LogP contribution in [0.3, 0.4) is 0 Å². The van der Waals surface area contributed by atoms with Gasteiger partial charge in [-0.25, -0.2) is 9.59 Å². The predicted octanol–water partition coefficient (Wildman–Crippen LogP) is 5.38. The smallest absolute Gasteiger partial charge is 0.408 e. The van der Waals surface area contributed by atoms with Crippen LogP contribution in [0.25, 0.3) is 11.0 Å². The second-order valence-corrected chi connectivity index (χ2v) is 9.29. The molecule has 1 amide bonds. The zero-order valence-electron chi connectivity index (χ0n) is 19.9. The third kappa shape index (κ3) is 5.84. The highest BCUT2D eigenvalue weighted by molar-refractivity contribution is 6.30. The highest BCUT2D eigenvalue weighted by atomic mass is 35.5. The van der Waals surface area contributed by atoms with E-state index in [9.17, 15) is 14.4 Å². The number of aryl methyl sites for hydroxylation is 1. The first kappa shape index (κ1) is 24.6. The van der Waals surface area contributed by atoms with Crippen LogP contribution in [0.5, 0.6) is 5.75 Å². The molecule has 1 aliphatic carbocycles. The lowest BCUT2D eigenvalue weighted by Crippen LogP contribution is -2.44. The molecule has 1 aromatic heterocycles. The summed E-state index contributed by atoms with van der Waals surface area (Å²) < 4.78 is 16.8. The van der Waals surface area contributed by atoms with Crippen LogP contribution in [0.4, 0.5) is 4.79 Å². The van der Waals surface area contributed by atoms with Crippen LogP contribution in [0.2, 0.25) is 5.02 Å². The number of ether oxygens (including phenoxy) is 2. The van der Waals surface area contributed by atoms with E-state index in [1.807, 2.05) is 30.3 Å². The van der Waals surface area contributed by atoms with Crippen LogP contribution >= 0.6 is 11.6 Å². The van der Waals surface area contributed by atoms with Crippen molar-refractivity contribution in [3.63, 3.8) is 0 Å². The highest BCUT2D eigenvalue weighted by Gasteiger charge is 2.25. The van der Waals surface area contributed by atoms with Gasteiger partial charge in [0.05, 0.1) is 5.39 Å². The van der Waals surface area contributed by atoms with Gasteiger partial charge in [0.1, 0.15) is 29.7 Å². The van der Waals surface area contributed by atoms with E-state index in [4.69, 9.17) is 25.5 Å². The summed E-state index contributed by atoms with van der Waals surface area (Å²) in [7, 11) is 0. The maximum absolute atomic E-state index is 13.2. The number of hydrogen-bond donors (Lipinski definition) is 1. The number of rotatable bonds is 7. The molecule has 0 spiro atoms. The molecule has 0 radical (unpaired) electrons. The molecular weight excluding hydrogens is 494 g/mol.